The van der Waals surface area contributed by atoms with E-state index in [0.29, 0.717) is 10.8 Å². The first-order valence-corrected chi connectivity index (χ1v) is 7.13. The van der Waals surface area contributed by atoms with Crippen LogP contribution in [0.4, 0.5) is 0 Å². The van der Waals surface area contributed by atoms with E-state index < -0.39 is 0 Å². The standard InChI is InChI=1S/C14H10Cl2N4/c15-12-11-13(19-14(16)18-12)17-7-20(11)10-6-5-8-3-1-2-4-9(8)10/h1-4,7,10H,5-6H2/t10-/m0/s1. The number of benzene rings is 1. The van der Waals surface area contributed by atoms with Crippen molar-refractivity contribution in [1.82, 2.24) is 19.5 Å². The number of hydrogen-bond acceptors (Lipinski definition) is 3. The molecule has 0 N–H and O–H groups in total. The summed E-state index contributed by atoms with van der Waals surface area (Å²) in [7, 11) is 0. The number of hydrogen-bond donors (Lipinski definition) is 0. The van der Waals surface area contributed by atoms with Crippen molar-refractivity contribution < 1.29 is 0 Å². The van der Waals surface area contributed by atoms with Crippen molar-refractivity contribution in [3.8, 4) is 0 Å². The van der Waals surface area contributed by atoms with Crippen LogP contribution in [-0.4, -0.2) is 19.5 Å². The largest absolute Gasteiger partial charge is 0.319 e. The van der Waals surface area contributed by atoms with E-state index in [9.17, 15) is 0 Å². The molecule has 2 heterocycles. The summed E-state index contributed by atoms with van der Waals surface area (Å²) in [5.74, 6) is 0. The Kier molecular flexibility index (Phi) is 2.69. The lowest BCUT2D eigenvalue weighted by molar-refractivity contribution is 0.594. The maximum Gasteiger partial charge on any atom is 0.225 e. The first kappa shape index (κ1) is 12.1. The molecular formula is C14H10Cl2N4. The van der Waals surface area contributed by atoms with E-state index in [4.69, 9.17) is 23.2 Å². The minimum atomic E-state index is 0.125. The topological polar surface area (TPSA) is 43.6 Å². The van der Waals surface area contributed by atoms with Crippen molar-refractivity contribution in [2.45, 2.75) is 18.9 Å². The predicted molar refractivity (Wildman–Crippen MR) is 78.2 cm³/mol. The van der Waals surface area contributed by atoms with Gasteiger partial charge < -0.3 is 4.57 Å². The predicted octanol–water partition coefficient (Wildman–Crippen LogP) is 3.67. The smallest absolute Gasteiger partial charge is 0.225 e. The second-order valence-electron chi connectivity index (χ2n) is 4.86. The van der Waals surface area contributed by atoms with E-state index in [1.807, 2.05) is 0 Å². The van der Waals surface area contributed by atoms with Crippen molar-refractivity contribution in [2.24, 2.45) is 0 Å². The molecule has 1 aliphatic carbocycles. The van der Waals surface area contributed by atoms with Gasteiger partial charge in [0.15, 0.2) is 10.8 Å². The normalized spacial score (nSPS) is 17.6. The fourth-order valence-corrected chi connectivity index (χ4v) is 3.41. The van der Waals surface area contributed by atoms with E-state index >= 15 is 0 Å². The fourth-order valence-electron chi connectivity index (χ4n) is 2.94. The van der Waals surface area contributed by atoms with Gasteiger partial charge in [0.25, 0.3) is 0 Å². The highest BCUT2D eigenvalue weighted by atomic mass is 35.5. The highest BCUT2D eigenvalue weighted by molar-refractivity contribution is 6.35. The second-order valence-corrected chi connectivity index (χ2v) is 5.56. The molecule has 0 fully saturated rings. The highest BCUT2D eigenvalue weighted by Gasteiger charge is 2.26. The molecule has 0 saturated carbocycles. The Bertz CT molecular complexity index is 812. The number of halogens is 2. The molecule has 4 nitrogen and oxygen atoms in total. The van der Waals surface area contributed by atoms with Gasteiger partial charge in [0.05, 0.1) is 12.4 Å². The zero-order chi connectivity index (χ0) is 13.7. The third kappa shape index (κ3) is 1.72. The first-order chi connectivity index (χ1) is 9.74. The molecule has 6 heteroatoms. The van der Waals surface area contributed by atoms with Crippen LogP contribution in [0.2, 0.25) is 10.4 Å². The van der Waals surface area contributed by atoms with Crippen molar-refractivity contribution in [3.05, 3.63) is 52.2 Å². The molecule has 1 atom stereocenters. The Labute approximate surface area is 125 Å². The highest BCUT2D eigenvalue weighted by Crippen LogP contribution is 2.36. The monoisotopic (exact) mass is 304 g/mol. The third-order valence-electron chi connectivity index (χ3n) is 3.80. The van der Waals surface area contributed by atoms with Crippen LogP contribution < -0.4 is 0 Å². The average Bonchev–Trinajstić information content (AvgIpc) is 3.01. The Balaban J connectivity index is 1.92. The molecule has 0 unspecified atom stereocenters. The van der Waals surface area contributed by atoms with Crippen LogP contribution in [0.5, 0.6) is 0 Å². The lowest BCUT2D eigenvalue weighted by atomic mass is 10.1. The minimum absolute atomic E-state index is 0.125. The molecule has 20 heavy (non-hydrogen) atoms. The van der Waals surface area contributed by atoms with E-state index in [1.165, 1.54) is 11.1 Å². The quantitative estimate of drug-likeness (QED) is 0.509. The maximum absolute atomic E-state index is 6.22. The second kappa shape index (κ2) is 4.43. The van der Waals surface area contributed by atoms with E-state index in [1.54, 1.807) is 6.33 Å². The van der Waals surface area contributed by atoms with Crippen LogP contribution in [0.3, 0.4) is 0 Å². The van der Waals surface area contributed by atoms with Crippen LogP contribution in [0.1, 0.15) is 23.6 Å². The number of imidazole rings is 1. The molecule has 0 radical (unpaired) electrons. The Morgan fingerprint density at radius 2 is 2.00 bits per heavy atom. The van der Waals surface area contributed by atoms with Gasteiger partial charge in [0.2, 0.25) is 5.28 Å². The molecule has 4 rings (SSSR count). The fraction of sp³-hybridized carbons (Fsp3) is 0.214. The number of aromatic nitrogens is 4. The first-order valence-electron chi connectivity index (χ1n) is 6.37. The zero-order valence-corrected chi connectivity index (χ0v) is 11.9. The van der Waals surface area contributed by atoms with Crippen molar-refractivity contribution in [1.29, 1.82) is 0 Å². The summed E-state index contributed by atoms with van der Waals surface area (Å²) in [6.45, 7) is 0. The van der Waals surface area contributed by atoms with Crippen molar-refractivity contribution >= 4 is 34.4 Å². The Hall–Kier alpha value is -1.65. The molecule has 0 aliphatic heterocycles. The van der Waals surface area contributed by atoms with Gasteiger partial charge in [-0.25, -0.2) is 9.97 Å². The maximum atomic E-state index is 6.22. The van der Waals surface area contributed by atoms with Gasteiger partial charge in [-0.2, -0.15) is 4.98 Å². The van der Waals surface area contributed by atoms with Crippen LogP contribution >= 0.6 is 23.2 Å². The summed E-state index contributed by atoms with van der Waals surface area (Å²) < 4.78 is 2.06. The van der Waals surface area contributed by atoms with Crippen molar-refractivity contribution in [2.75, 3.05) is 0 Å². The molecule has 0 amide bonds. The molecular weight excluding hydrogens is 295 g/mol. The van der Waals surface area contributed by atoms with E-state index in [2.05, 4.69) is 43.8 Å². The Morgan fingerprint density at radius 1 is 1.15 bits per heavy atom. The molecule has 1 aliphatic rings. The van der Waals surface area contributed by atoms with Crippen LogP contribution in [-0.2, 0) is 6.42 Å². The number of nitrogens with zero attached hydrogens (tertiary/aromatic N) is 4. The van der Waals surface area contributed by atoms with Gasteiger partial charge in [-0.15, -0.1) is 0 Å². The summed E-state index contributed by atoms with van der Waals surface area (Å²) in [6, 6.07) is 8.69. The van der Waals surface area contributed by atoms with Crippen LogP contribution in [0.15, 0.2) is 30.6 Å². The lowest BCUT2D eigenvalue weighted by Gasteiger charge is -2.14. The molecule has 100 valence electrons. The average molecular weight is 305 g/mol. The number of aryl methyl sites for hydroxylation is 1. The van der Waals surface area contributed by atoms with Crippen LogP contribution in [0, 0.1) is 0 Å². The summed E-state index contributed by atoms with van der Waals surface area (Å²) in [4.78, 5) is 12.4. The lowest BCUT2D eigenvalue weighted by Crippen LogP contribution is -2.06. The van der Waals surface area contributed by atoms with Crippen LogP contribution in [0.25, 0.3) is 11.2 Å². The third-order valence-corrected chi connectivity index (χ3v) is 4.23. The van der Waals surface area contributed by atoms with Gasteiger partial charge >= 0.3 is 0 Å². The number of rotatable bonds is 1. The van der Waals surface area contributed by atoms with Gasteiger partial charge in [-0.05, 0) is 35.6 Å². The van der Waals surface area contributed by atoms with Gasteiger partial charge in [0.1, 0.15) is 5.52 Å². The molecule has 0 saturated heterocycles. The summed E-state index contributed by atoms with van der Waals surface area (Å²) >= 11 is 12.0. The molecule has 1 aromatic carbocycles. The van der Waals surface area contributed by atoms with E-state index in [0.717, 1.165) is 18.4 Å². The Morgan fingerprint density at radius 3 is 2.90 bits per heavy atom. The van der Waals surface area contributed by atoms with Crippen molar-refractivity contribution in [3.63, 3.8) is 0 Å². The summed E-state index contributed by atoms with van der Waals surface area (Å²) in [6.07, 6.45) is 3.87. The zero-order valence-electron chi connectivity index (χ0n) is 10.4. The molecule has 0 bridgehead atoms. The van der Waals surface area contributed by atoms with Gasteiger partial charge in [-0.3, -0.25) is 0 Å². The summed E-state index contributed by atoms with van der Waals surface area (Å²) in [5.41, 5.74) is 3.99. The van der Waals surface area contributed by atoms with Gasteiger partial charge in [0, 0.05) is 0 Å². The molecule has 0 spiro atoms. The summed E-state index contributed by atoms with van der Waals surface area (Å²) in [5, 5.41) is 0.474. The number of fused-ring (bicyclic) bond motifs is 2. The molecule has 3 aromatic rings. The SMILES string of the molecule is Clc1nc(Cl)c2c(ncn2[C@H]2CCc3ccccc32)n1. The minimum Gasteiger partial charge on any atom is -0.319 e. The van der Waals surface area contributed by atoms with Gasteiger partial charge in [-0.1, -0.05) is 35.9 Å². The molecule has 2 aromatic heterocycles. The van der Waals surface area contributed by atoms with E-state index in [-0.39, 0.29) is 11.3 Å².